The van der Waals surface area contributed by atoms with Gasteiger partial charge in [0.2, 0.25) is 0 Å². The number of carbonyl (C=O) groups excluding carboxylic acids is 1. The molecule has 2 rings (SSSR count). The molecule has 0 saturated carbocycles. The van der Waals surface area contributed by atoms with Crippen LogP contribution in [0.1, 0.15) is 19.0 Å². The second kappa shape index (κ2) is 6.10. The average Bonchev–Trinajstić information content (AvgIpc) is 3.00. The Morgan fingerprint density at radius 2 is 2.50 bits per heavy atom. The summed E-state index contributed by atoms with van der Waals surface area (Å²) in [6.07, 6.45) is 0.862. The standard InChI is InChI=1S/C11H18N4O2S/c1-3-12-10-9(13-14-18-10)7-15-5-4-8(6-15)11(16)17-2/h8,12H,3-7H2,1-2H3. The second-order valence-electron chi connectivity index (χ2n) is 4.32. The van der Waals surface area contributed by atoms with Crippen LogP contribution in [0.25, 0.3) is 0 Å². The SMILES string of the molecule is CCNc1snnc1CN1CCC(C(=O)OC)C1. The summed E-state index contributed by atoms with van der Waals surface area (Å²) in [5.74, 6) is -0.106. The minimum atomic E-state index is -0.110. The molecule has 1 fully saturated rings. The number of nitrogens with one attached hydrogen (secondary N) is 1. The van der Waals surface area contributed by atoms with E-state index in [0.717, 1.165) is 43.3 Å². The summed E-state index contributed by atoms with van der Waals surface area (Å²) in [4.78, 5) is 13.7. The van der Waals surface area contributed by atoms with Gasteiger partial charge in [0, 0.05) is 31.2 Å². The highest BCUT2D eigenvalue weighted by atomic mass is 32.1. The largest absolute Gasteiger partial charge is 0.469 e. The average molecular weight is 270 g/mol. The van der Waals surface area contributed by atoms with Crippen molar-refractivity contribution in [2.75, 3.05) is 32.1 Å². The van der Waals surface area contributed by atoms with E-state index in [1.54, 1.807) is 0 Å². The third kappa shape index (κ3) is 2.97. The number of carbonyl (C=O) groups is 1. The molecule has 2 heterocycles. The Hall–Kier alpha value is -1.21. The maximum Gasteiger partial charge on any atom is 0.310 e. The maximum absolute atomic E-state index is 11.4. The van der Waals surface area contributed by atoms with Crippen molar-refractivity contribution in [1.29, 1.82) is 0 Å². The lowest BCUT2D eigenvalue weighted by Gasteiger charge is -2.14. The van der Waals surface area contributed by atoms with Crippen molar-refractivity contribution in [3.05, 3.63) is 5.69 Å². The molecule has 0 amide bonds. The van der Waals surface area contributed by atoms with Crippen LogP contribution in [0.5, 0.6) is 0 Å². The molecule has 7 heteroatoms. The molecule has 1 aliphatic rings. The Labute approximate surface area is 110 Å². The predicted molar refractivity (Wildman–Crippen MR) is 69.5 cm³/mol. The number of methoxy groups -OCH3 is 1. The lowest BCUT2D eigenvalue weighted by Crippen LogP contribution is -2.24. The Bertz CT molecular complexity index is 410. The van der Waals surface area contributed by atoms with E-state index in [2.05, 4.69) is 19.8 Å². The molecule has 0 radical (unpaired) electrons. The van der Waals surface area contributed by atoms with Gasteiger partial charge in [0.25, 0.3) is 0 Å². The molecule has 1 unspecified atom stereocenters. The van der Waals surface area contributed by atoms with Gasteiger partial charge in [0.1, 0.15) is 10.7 Å². The van der Waals surface area contributed by atoms with Gasteiger partial charge in [-0.25, -0.2) is 0 Å². The highest BCUT2D eigenvalue weighted by Gasteiger charge is 2.29. The summed E-state index contributed by atoms with van der Waals surface area (Å²) < 4.78 is 8.74. The molecule has 100 valence electrons. The number of rotatable bonds is 5. The molecule has 0 aliphatic carbocycles. The van der Waals surface area contributed by atoms with Gasteiger partial charge < -0.3 is 10.1 Å². The molecule has 1 N–H and O–H groups in total. The highest BCUT2D eigenvalue weighted by Crippen LogP contribution is 2.23. The van der Waals surface area contributed by atoms with Crippen LogP contribution >= 0.6 is 11.5 Å². The number of esters is 1. The number of ether oxygens (including phenoxy) is 1. The first-order valence-corrected chi connectivity index (χ1v) is 6.87. The monoisotopic (exact) mass is 270 g/mol. The van der Waals surface area contributed by atoms with Gasteiger partial charge in [-0.1, -0.05) is 4.49 Å². The van der Waals surface area contributed by atoms with Crippen molar-refractivity contribution in [2.24, 2.45) is 5.92 Å². The predicted octanol–water partition coefficient (Wildman–Crippen LogP) is 0.965. The number of hydrogen-bond donors (Lipinski definition) is 1. The van der Waals surface area contributed by atoms with Crippen LogP contribution in [0.4, 0.5) is 5.00 Å². The summed E-state index contributed by atoms with van der Waals surface area (Å²) in [5.41, 5.74) is 0.965. The first-order chi connectivity index (χ1) is 8.74. The van der Waals surface area contributed by atoms with E-state index in [1.807, 2.05) is 6.92 Å². The van der Waals surface area contributed by atoms with Crippen LogP contribution in [-0.4, -0.2) is 47.2 Å². The van der Waals surface area contributed by atoms with Crippen molar-refractivity contribution < 1.29 is 9.53 Å². The van der Waals surface area contributed by atoms with Crippen LogP contribution < -0.4 is 5.32 Å². The molecule has 6 nitrogen and oxygen atoms in total. The molecule has 0 aromatic carbocycles. The number of likely N-dealkylation sites (tertiary alicyclic amines) is 1. The van der Waals surface area contributed by atoms with Crippen LogP contribution in [0.15, 0.2) is 0 Å². The van der Waals surface area contributed by atoms with E-state index in [-0.39, 0.29) is 11.9 Å². The molecule has 1 atom stereocenters. The van der Waals surface area contributed by atoms with E-state index >= 15 is 0 Å². The summed E-state index contributed by atoms with van der Waals surface area (Å²) in [6, 6.07) is 0. The van der Waals surface area contributed by atoms with Crippen LogP contribution in [0.3, 0.4) is 0 Å². The van der Waals surface area contributed by atoms with E-state index < -0.39 is 0 Å². The smallest absolute Gasteiger partial charge is 0.310 e. The van der Waals surface area contributed by atoms with Crippen LogP contribution in [0, 0.1) is 5.92 Å². The lowest BCUT2D eigenvalue weighted by molar-refractivity contribution is -0.144. The van der Waals surface area contributed by atoms with Gasteiger partial charge in [0.15, 0.2) is 0 Å². The Morgan fingerprint density at radius 3 is 3.22 bits per heavy atom. The number of hydrogen-bond acceptors (Lipinski definition) is 7. The molecule has 0 spiro atoms. The molecule has 1 aromatic heterocycles. The van der Waals surface area contributed by atoms with Crippen molar-refractivity contribution in [2.45, 2.75) is 19.9 Å². The molecule has 0 bridgehead atoms. The lowest BCUT2D eigenvalue weighted by atomic mass is 10.1. The van der Waals surface area contributed by atoms with Gasteiger partial charge in [-0.05, 0) is 19.9 Å². The van der Waals surface area contributed by atoms with Gasteiger partial charge >= 0.3 is 5.97 Å². The summed E-state index contributed by atoms with van der Waals surface area (Å²) in [6.45, 7) is 5.30. The van der Waals surface area contributed by atoms with E-state index in [1.165, 1.54) is 18.6 Å². The third-order valence-corrected chi connectivity index (χ3v) is 3.80. The minimum Gasteiger partial charge on any atom is -0.469 e. The van der Waals surface area contributed by atoms with E-state index in [4.69, 9.17) is 4.74 Å². The van der Waals surface area contributed by atoms with E-state index in [9.17, 15) is 4.79 Å². The fraction of sp³-hybridized carbons (Fsp3) is 0.727. The quantitative estimate of drug-likeness (QED) is 0.804. The molecule has 18 heavy (non-hydrogen) atoms. The zero-order valence-electron chi connectivity index (χ0n) is 10.7. The number of nitrogens with zero attached hydrogens (tertiary/aromatic N) is 3. The first-order valence-electron chi connectivity index (χ1n) is 6.09. The fourth-order valence-electron chi connectivity index (χ4n) is 2.15. The highest BCUT2D eigenvalue weighted by molar-refractivity contribution is 7.10. The topological polar surface area (TPSA) is 67.4 Å². The van der Waals surface area contributed by atoms with Crippen LogP contribution in [-0.2, 0) is 16.1 Å². The summed E-state index contributed by atoms with van der Waals surface area (Å²) in [7, 11) is 1.44. The first kappa shape index (κ1) is 13.2. The van der Waals surface area contributed by atoms with Crippen LogP contribution in [0.2, 0.25) is 0 Å². The summed E-state index contributed by atoms with van der Waals surface area (Å²) in [5, 5.41) is 8.41. The van der Waals surface area contributed by atoms with Crippen molar-refractivity contribution >= 4 is 22.5 Å². The van der Waals surface area contributed by atoms with Gasteiger partial charge in [-0.2, -0.15) is 0 Å². The molecule has 1 saturated heterocycles. The maximum atomic E-state index is 11.4. The molecular weight excluding hydrogens is 252 g/mol. The Morgan fingerprint density at radius 1 is 1.67 bits per heavy atom. The van der Waals surface area contributed by atoms with Gasteiger partial charge in [-0.3, -0.25) is 9.69 Å². The zero-order valence-corrected chi connectivity index (χ0v) is 11.5. The van der Waals surface area contributed by atoms with Gasteiger partial charge in [0.05, 0.1) is 13.0 Å². The van der Waals surface area contributed by atoms with Crippen molar-refractivity contribution in [1.82, 2.24) is 14.5 Å². The summed E-state index contributed by atoms with van der Waals surface area (Å²) >= 11 is 1.38. The number of aromatic nitrogens is 2. The normalized spacial score (nSPS) is 20.0. The fourth-order valence-corrected chi connectivity index (χ4v) is 2.79. The Kier molecular flexibility index (Phi) is 4.48. The second-order valence-corrected chi connectivity index (χ2v) is 5.08. The Balaban J connectivity index is 1.91. The third-order valence-electron chi connectivity index (χ3n) is 3.07. The molecular formula is C11H18N4O2S. The molecule has 1 aliphatic heterocycles. The zero-order chi connectivity index (χ0) is 13.0. The van der Waals surface area contributed by atoms with E-state index in [0.29, 0.717) is 0 Å². The number of anilines is 1. The van der Waals surface area contributed by atoms with Crippen molar-refractivity contribution in [3.63, 3.8) is 0 Å². The van der Waals surface area contributed by atoms with Crippen molar-refractivity contribution in [3.8, 4) is 0 Å². The van der Waals surface area contributed by atoms with Gasteiger partial charge in [-0.15, -0.1) is 5.10 Å². The molecule has 1 aromatic rings. The minimum absolute atomic E-state index is 0.00387.